The molecule has 0 aliphatic rings. The van der Waals surface area contributed by atoms with Gasteiger partial charge in [-0.2, -0.15) is 9.61 Å². The van der Waals surface area contributed by atoms with E-state index in [1.807, 2.05) is 0 Å². The maximum absolute atomic E-state index is 11.5. The largest absolute Gasteiger partial charge is 0.463 e. The average molecular weight is 234 g/mol. The Labute approximate surface area is 93.5 Å². The van der Waals surface area contributed by atoms with E-state index < -0.39 is 0 Å². The molecule has 0 aromatic carbocycles. The Bertz CT molecular complexity index is 750. The zero-order chi connectivity index (χ0) is 11.1. The van der Waals surface area contributed by atoms with Crippen LogP contribution < -0.4 is 5.69 Å². The van der Waals surface area contributed by atoms with Crippen LogP contribution >= 0.6 is 12.2 Å². The highest BCUT2D eigenvalue weighted by atomic mass is 32.1. The summed E-state index contributed by atoms with van der Waals surface area (Å²) >= 11 is 4.86. The Morgan fingerprint density at radius 3 is 3.06 bits per heavy atom. The van der Waals surface area contributed by atoms with E-state index in [1.54, 1.807) is 24.5 Å². The molecule has 3 heterocycles. The first-order valence-electron chi connectivity index (χ1n) is 4.50. The highest BCUT2D eigenvalue weighted by Gasteiger charge is 2.08. The summed E-state index contributed by atoms with van der Waals surface area (Å²) in [6.45, 7) is 0. The van der Waals surface area contributed by atoms with Crippen LogP contribution in [0.4, 0.5) is 0 Å². The van der Waals surface area contributed by atoms with Gasteiger partial charge in [-0.15, -0.1) is 0 Å². The fourth-order valence-corrected chi connectivity index (χ4v) is 1.66. The molecule has 2 N–H and O–H groups in total. The number of hydrogen-bond acceptors (Lipinski definition) is 4. The van der Waals surface area contributed by atoms with Gasteiger partial charge in [0.2, 0.25) is 0 Å². The lowest BCUT2D eigenvalue weighted by Crippen LogP contribution is -2.18. The van der Waals surface area contributed by atoms with Crippen LogP contribution in [0.3, 0.4) is 0 Å². The topological polar surface area (TPSA) is 79.1 Å². The molecule has 0 aliphatic carbocycles. The van der Waals surface area contributed by atoms with Crippen LogP contribution in [0.15, 0.2) is 33.7 Å². The van der Waals surface area contributed by atoms with Crippen molar-refractivity contribution in [2.24, 2.45) is 0 Å². The first-order chi connectivity index (χ1) is 7.74. The molecule has 0 atom stereocenters. The van der Waals surface area contributed by atoms with Crippen molar-refractivity contribution in [1.29, 1.82) is 0 Å². The van der Waals surface area contributed by atoms with Gasteiger partial charge in [-0.05, 0) is 24.4 Å². The number of fused-ring (bicyclic) bond motifs is 1. The third-order valence-electron chi connectivity index (χ3n) is 2.14. The maximum Gasteiger partial charge on any atom is 0.350 e. The van der Waals surface area contributed by atoms with Crippen LogP contribution in [-0.2, 0) is 0 Å². The lowest BCUT2D eigenvalue weighted by atomic mass is 10.3. The predicted octanol–water partition coefficient (Wildman–Crippen LogP) is 1.34. The molecule has 0 bridgehead atoms. The SMILES string of the molecule is O=c1[nH]c(=S)[nH]c2cc(-c3ccco3)nn12. The van der Waals surface area contributed by atoms with Crippen molar-refractivity contribution in [2.75, 3.05) is 0 Å². The monoisotopic (exact) mass is 234 g/mol. The van der Waals surface area contributed by atoms with Gasteiger partial charge in [-0.3, -0.25) is 4.98 Å². The van der Waals surface area contributed by atoms with Gasteiger partial charge in [0, 0.05) is 6.07 Å². The minimum atomic E-state index is -0.378. The van der Waals surface area contributed by atoms with Gasteiger partial charge in [0.25, 0.3) is 0 Å². The normalized spacial score (nSPS) is 11.0. The van der Waals surface area contributed by atoms with Gasteiger partial charge in [0.15, 0.2) is 10.5 Å². The number of aromatic nitrogens is 4. The minimum absolute atomic E-state index is 0.267. The molecule has 3 aromatic heterocycles. The maximum atomic E-state index is 11.5. The molecule has 3 rings (SSSR count). The number of rotatable bonds is 1. The summed E-state index contributed by atoms with van der Waals surface area (Å²) in [7, 11) is 0. The molecule has 0 aliphatic heterocycles. The van der Waals surface area contributed by atoms with Crippen LogP contribution in [0, 0.1) is 4.77 Å². The van der Waals surface area contributed by atoms with Gasteiger partial charge in [0.1, 0.15) is 11.3 Å². The third kappa shape index (κ3) is 1.29. The fourth-order valence-electron chi connectivity index (χ4n) is 1.47. The van der Waals surface area contributed by atoms with Crippen molar-refractivity contribution in [2.45, 2.75) is 0 Å². The van der Waals surface area contributed by atoms with E-state index in [1.165, 1.54) is 4.52 Å². The number of H-pyrrole nitrogens is 2. The van der Waals surface area contributed by atoms with E-state index in [9.17, 15) is 4.79 Å². The minimum Gasteiger partial charge on any atom is -0.463 e. The van der Waals surface area contributed by atoms with Gasteiger partial charge in [-0.25, -0.2) is 4.79 Å². The molecule has 0 amide bonds. The molecule has 0 saturated heterocycles. The lowest BCUT2D eigenvalue weighted by Gasteiger charge is -1.89. The lowest BCUT2D eigenvalue weighted by molar-refractivity contribution is 0.579. The molecule has 0 saturated carbocycles. The molecule has 0 spiro atoms. The van der Waals surface area contributed by atoms with Crippen molar-refractivity contribution < 1.29 is 4.42 Å². The molecule has 7 heteroatoms. The quantitative estimate of drug-likeness (QED) is 0.623. The Balaban J connectivity index is 2.36. The standard InChI is InChI=1S/C9H6N4O2S/c14-9-11-8(16)10-7-4-5(12-13(7)9)6-2-1-3-15-6/h1-4H,(H2,10,11,14,16). The highest BCUT2D eigenvalue weighted by molar-refractivity contribution is 7.71. The van der Waals surface area contributed by atoms with E-state index in [2.05, 4.69) is 15.1 Å². The van der Waals surface area contributed by atoms with Crippen LogP contribution in [-0.4, -0.2) is 19.6 Å². The van der Waals surface area contributed by atoms with Gasteiger partial charge in [-0.1, -0.05) is 0 Å². The van der Waals surface area contributed by atoms with E-state index >= 15 is 0 Å². The van der Waals surface area contributed by atoms with E-state index in [-0.39, 0.29) is 10.5 Å². The number of nitrogens with one attached hydrogen (secondary N) is 2. The van der Waals surface area contributed by atoms with Crippen molar-refractivity contribution in [3.63, 3.8) is 0 Å². The van der Waals surface area contributed by atoms with Crippen LogP contribution in [0.1, 0.15) is 0 Å². The molecule has 16 heavy (non-hydrogen) atoms. The van der Waals surface area contributed by atoms with E-state index in [4.69, 9.17) is 16.6 Å². The second kappa shape index (κ2) is 3.17. The molecular weight excluding hydrogens is 228 g/mol. The Morgan fingerprint density at radius 2 is 2.31 bits per heavy atom. The van der Waals surface area contributed by atoms with Crippen molar-refractivity contribution in [3.05, 3.63) is 39.7 Å². The smallest absolute Gasteiger partial charge is 0.350 e. The van der Waals surface area contributed by atoms with Gasteiger partial charge >= 0.3 is 5.69 Å². The zero-order valence-corrected chi connectivity index (χ0v) is 8.75. The molecule has 0 fully saturated rings. The third-order valence-corrected chi connectivity index (χ3v) is 2.34. The number of furan rings is 1. The molecule has 3 aromatic rings. The summed E-state index contributed by atoms with van der Waals surface area (Å²) in [6.07, 6.45) is 1.55. The Hall–Kier alpha value is -2.15. The van der Waals surface area contributed by atoms with E-state index in [0.29, 0.717) is 17.1 Å². The summed E-state index contributed by atoms with van der Waals surface area (Å²) in [5, 5.41) is 4.10. The number of nitrogens with zero attached hydrogens (tertiary/aromatic N) is 2. The number of aromatic amines is 2. The first-order valence-corrected chi connectivity index (χ1v) is 4.91. The van der Waals surface area contributed by atoms with Crippen molar-refractivity contribution >= 4 is 17.9 Å². The Morgan fingerprint density at radius 1 is 1.44 bits per heavy atom. The second-order valence-electron chi connectivity index (χ2n) is 3.19. The zero-order valence-electron chi connectivity index (χ0n) is 7.93. The van der Waals surface area contributed by atoms with E-state index in [0.717, 1.165) is 0 Å². The van der Waals surface area contributed by atoms with Gasteiger partial charge in [0.05, 0.1) is 6.26 Å². The van der Waals surface area contributed by atoms with Crippen LogP contribution in [0.5, 0.6) is 0 Å². The van der Waals surface area contributed by atoms with Crippen molar-refractivity contribution in [1.82, 2.24) is 19.6 Å². The highest BCUT2D eigenvalue weighted by Crippen LogP contribution is 2.17. The first kappa shape index (κ1) is 9.10. The molecule has 0 radical (unpaired) electrons. The van der Waals surface area contributed by atoms with Crippen LogP contribution in [0.2, 0.25) is 0 Å². The molecule has 0 unspecified atom stereocenters. The Kier molecular flexibility index (Phi) is 1.80. The molecule has 6 nitrogen and oxygen atoms in total. The summed E-state index contributed by atoms with van der Waals surface area (Å²) in [5.41, 5.74) is 0.726. The fraction of sp³-hybridized carbons (Fsp3) is 0. The predicted molar refractivity (Wildman–Crippen MR) is 58.7 cm³/mol. The summed E-state index contributed by atoms with van der Waals surface area (Å²) in [4.78, 5) is 16.8. The molecular formula is C9H6N4O2S. The summed E-state index contributed by atoms with van der Waals surface area (Å²) in [6, 6.07) is 5.22. The second-order valence-corrected chi connectivity index (χ2v) is 3.60. The van der Waals surface area contributed by atoms with Crippen LogP contribution in [0.25, 0.3) is 17.1 Å². The number of hydrogen-bond donors (Lipinski definition) is 2. The summed E-state index contributed by atoms with van der Waals surface area (Å²) < 4.78 is 6.66. The van der Waals surface area contributed by atoms with Crippen molar-refractivity contribution in [3.8, 4) is 11.5 Å². The van der Waals surface area contributed by atoms with Gasteiger partial charge < -0.3 is 9.40 Å². The average Bonchev–Trinajstić information content (AvgIpc) is 2.82. The summed E-state index contributed by atoms with van der Waals surface area (Å²) in [5.74, 6) is 0.599. The molecule has 80 valence electrons.